The first kappa shape index (κ1) is 16.0. The summed E-state index contributed by atoms with van der Waals surface area (Å²) < 4.78 is 0. The molecular weight excluding hydrogens is 290 g/mol. The molecule has 0 unspecified atom stereocenters. The summed E-state index contributed by atoms with van der Waals surface area (Å²) in [5.74, 6) is 0.303. The van der Waals surface area contributed by atoms with Gasteiger partial charge in [0.25, 0.3) is 0 Å². The lowest BCUT2D eigenvalue weighted by Crippen LogP contribution is -2.61. The van der Waals surface area contributed by atoms with Crippen LogP contribution in [0.2, 0.25) is 0 Å². The molecule has 1 aromatic rings. The minimum Gasteiger partial charge on any atom is -0.350 e. The molecule has 124 valence electrons. The Labute approximate surface area is 137 Å². The molecule has 0 aromatic heterocycles. The second-order valence-corrected chi connectivity index (χ2v) is 6.69. The summed E-state index contributed by atoms with van der Waals surface area (Å²) in [6.45, 7) is 5.67. The highest BCUT2D eigenvalue weighted by Gasteiger charge is 2.33. The number of nitrogens with one attached hydrogen (secondary N) is 1. The fourth-order valence-electron chi connectivity index (χ4n) is 3.40. The topological polar surface area (TPSA) is 52.7 Å². The van der Waals surface area contributed by atoms with Crippen LogP contribution in [0.1, 0.15) is 25.3 Å². The summed E-state index contributed by atoms with van der Waals surface area (Å²) in [6.07, 6.45) is 2.02. The SMILES string of the molecule is CC(=O)N1CC(NC(=O)[C@H]2CCCN(Cc3ccccc3)C2)C1. The zero-order chi connectivity index (χ0) is 16.2. The number of rotatable bonds is 4. The summed E-state index contributed by atoms with van der Waals surface area (Å²) in [6, 6.07) is 10.5. The smallest absolute Gasteiger partial charge is 0.224 e. The first-order chi connectivity index (χ1) is 11.1. The molecule has 2 saturated heterocycles. The van der Waals surface area contributed by atoms with Crippen LogP contribution in [0.4, 0.5) is 0 Å². The predicted molar refractivity (Wildman–Crippen MR) is 88.6 cm³/mol. The van der Waals surface area contributed by atoms with Crippen molar-refractivity contribution in [2.45, 2.75) is 32.4 Å². The maximum Gasteiger partial charge on any atom is 0.224 e. The van der Waals surface area contributed by atoms with Gasteiger partial charge >= 0.3 is 0 Å². The normalized spacial score (nSPS) is 22.5. The van der Waals surface area contributed by atoms with Crippen LogP contribution in [0.3, 0.4) is 0 Å². The van der Waals surface area contributed by atoms with E-state index in [1.807, 2.05) is 6.07 Å². The van der Waals surface area contributed by atoms with Crippen molar-refractivity contribution in [3.63, 3.8) is 0 Å². The van der Waals surface area contributed by atoms with Gasteiger partial charge < -0.3 is 10.2 Å². The Morgan fingerprint density at radius 1 is 1.17 bits per heavy atom. The molecule has 0 radical (unpaired) electrons. The van der Waals surface area contributed by atoms with Crippen LogP contribution in [-0.2, 0) is 16.1 Å². The van der Waals surface area contributed by atoms with Crippen LogP contribution < -0.4 is 5.32 Å². The standard InChI is InChI=1S/C18H25N3O2/c1-14(22)21-12-17(13-21)19-18(23)16-8-5-9-20(11-16)10-15-6-3-2-4-7-15/h2-4,6-7,16-17H,5,8-13H2,1H3,(H,19,23)/t16-/m0/s1. The number of benzene rings is 1. The molecular formula is C18H25N3O2. The third-order valence-electron chi connectivity index (χ3n) is 4.80. The molecule has 5 heteroatoms. The third-order valence-corrected chi connectivity index (χ3v) is 4.80. The lowest BCUT2D eigenvalue weighted by Gasteiger charge is -2.40. The Balaban J connectivity index is 1.46. The zero-order valence-corrected chi connectivity index (χ0v) is 13.7. The molecule has 2 aliphatic heterocycles. The van der Waals surface area contributed by atoms with Gasteiger partial charge in [-0.1, -0.05) is 30.3 Å². The van der Waals surface area contributed by atoms with Gasteiger partial charge in [-0.25, -0.2) is 0 Å². The fourth-order valence-corrected chi connectivity index (χ4v) is 3.40. The average molecular weight is 315 g/mol. The lowest BCUT2D eigenvalue weighted by molar-refractivity contribution is -0.137. The fraction of sp³-hybridized carbons (Fsp3) is 0.556. The summed E-state index contributed by atoms with van der Waals surface area (Å²) in [4.78, 5) is 27.7. The van der Waals surface area contributed by atoms with Gasteiger partial charge in [0.15, 0.2) is 0 Å². The van der Waals surface area contributed by atoms with Crippen LogP contribution in [0.25, 0.3) is 0 Å². The van der Waals surface area contributed by atoms with Gasteiger partial charge in [-0.2, -0.15) is 0 Å². The highest BCUT2D eigenvalue weighted by Crippen LogP contribution is 2.19. The van der Waals surface area contributed by atoms with Gasteiger partial charge in [0.05, 0.1) is 12.0 Å². The van der Waals surface area contributed by atoms with E-state index in [1.54, 1.807) is 11.8 Å². The van der Waals surface area contributed by atoms with Crippen LogP contribution >= 0.6 is 0 Å². The zero-order valence-electron chi connectivity index (χ0n) is 13.7. The van der Waals surface area contributed by atoms with E-state index in [4.69, 9.17) is 0 Å². The first-order valence-corrected chi connectivity index (χ1v) is 8.44. The van der Waals surface area contributed by atoms with E-state index in [2.05, 4.69) is 34.5 Å². The van der Waals surface area contributed by atoms with Crippen LogP contribution in [0, 0.1) is 5.92 Å². The number of nitrogens with zero attached hydrogens (tertiary/aromatic N) is 2. The molecule has 0 bridgehead atoms. The molecule has 0 saturated carbocycles. The minimum absolute atomic E-state index is 0.0684. The van der Waals surface area contributed by atoms with Crippen molar-refractivity contribution in [1.29, 1.82) is 0 Å². The number of amides is 2. The van der Waals surface area contributed by atoms with E-state index in [1.165, 1.54) is 5.56 Å². The van der Waals surface area contributed by atoms with Crippen LogP contribution in [0.5, 0.6) is 0 Å². The largest absolute Gasteiger partial charge is 0.350 e. The van der Waals surface area contributed by atoms with Gasteiger partial charge in [-0.05, 0) is 24.9 Å². The summed E-state index contributed by atoms with van der Waals surface area (Å²) in [7, 11) is 0. The summed E-state index contributed by atoms with van der Waals surface area (Å²) in [5.41, 5.74) is 1.30. The second-order valence-electron chi connectivity index (χ2n) is 6.69. The second kappa shape index (κ2) is 7.13. The van der Waals surface area contributed by atoms with E-state index >= 15 is 0 Å². The van der Waals surface area contributed by atoms with Crippen molar-refractivity contribution in [3.8, 4) is 0 Å². The van der Waals surface area contributed by atoms with Crippen molar-refractivity contribution in [1.82, 2.24) is 15.1 Å². The van der Waals surface area contributed by atoms with Crippen molar-refractivity contribution < 1.29 is 9.59 Å². The van der Waals surface area contributed by atoms with E-state index < -0.39 is 0 Å². The van der Waals surface area contributed by atoms with Crippen LogP contribution in [-0.4, -0.2) is 53.8 Å². The third kappa shape index (κ3) is 4.10. The number of piperidine rings is 1. The number of hydrogen-bond acceptors (Lipinski definition) is 3. The Morgan fingerprint density at radius 2 is 1.91 bits per heavy atom. The number of carbonyl (C=O) groups is 2. The van der Waals surface area contributed by atoms with Gasteiger partial charge in [0.1, 0.15) is 0 Å². The number of likely N-dealkylation sites (tertiary alicyclic amines) is 2. The summed E-state index contributed by atoms with van der Waals surface area (Å²) in [5, 5.41) is 3.10. The van der Waals surface area contributed by atoms with E-state index in [-0.39, 0.29) is 23.8 Å². The number of carbonyl (C=O) groups excluding carboxylic acids is 2. The molecule has 1 atom stereocenters. The molecule has 2 fully saturated rings. The molecule has 23 heavy (non-hydrogen) atoms. The number of hydrogen-bond donors (Lipinski definition) is 1. The van der Waals surface area contributed by atoms with Gasteiger partial charge in [-0.3, -0.25) is 14.5 Å². The Kier molecular flexibility index (Phi) is 4.96. The first-order valence-electron chi connectivity index (χ1n) is 8.44. The predicted octanol–water partition coefficient (Wildman–Crippen LogP) is 1.25. The van der Waals surface area contributed by atoms with Crippen molar-refractivity contribution in [3.05, 3.63) is 35.9 Å². The average Bonchev–Trinajstić information content (AvgIpc) is 2.51. The molecule has 1 N–H and O–H groups in total. The molecule has 5 nitrogen and oxygen atoms in total. The van der Waals surface area contributed by atoms with Crippen LogP contribution in [0.15, 0.2) is 30.3 Å². The maximum absolute atomic E-state index is 12.4. The molecule has 2 heterocycles. The Morgan fingerprint density at radius 3 is 2.61 bits per heavy atom. The Hall–Kier alpha value is -1.88. The molecule has 0 spiro atoms. The van der Waals surface area contributed by atoms with Crippen molar-refractivity contribution >= 4 is 11.8 Å². The maximum atomic E-state index is 12.4. The Bertz CT molecular complexity index is 555. The minimum atomic E-state index is 0.0684. The molecule has 2 amide bonds. The molecule has 3 rings (SSSR count). The molecule has 2 aliphatic rings. The van der Waals surface area contributed by atoms with E-state index in [0.717, 1.165) is 32.5 Å². The molecule has 1 aromatic carbocycles. The summed E-state index contributed by atoms with van der Waals surface area (Å²) >= 11 is 0. The van der Waals surface area contributed by atoms with Gasteiger partial charge in [0, 0.05) is 33.1 Å². The monoisotopic (exact) mass is 315 g/mol. The van der Waals surface area contributed by atoms with E-state index in [0.29, 0.717) is 13.1 Å². The highest BCUT2D eigenvalue weighted by molar-refractivity contribution is 5.80. The highest BCUT2D eigenvalue weighted by atomic mass is 16.2. The van der Waals surface area contributed by atoms with Gasteiger partial charge in [0.2, 0.25) is 11.8 Å². The van der Waals surface area contributed by atoms with Gasteiger partial charge in [-0.15, -0.1) is 0 Å². The lowest BCUT2D eigenvalue weighted by atomic mass is 9.95. The van der Waals surface area contributed by atoms with Crippen molar-refractivity contribution in [2.75, 3.05) is 26.2 Å². The molecule has 0 aliphatic carbocycles. The van der Waals surface area contributed by atoms with E-state index in [9.17, 15) is 9.59 Å². The quantitative estimate of drug-likeness (QED) is 0.910. The van der Waals surface area contributed by atoms with Crippen molar-refractivity contribution in [2.24, 2.45) is 5.92 Å².